The number of unbranched alkanes of at least 4 members (excludes halogenated alkanes) is 1. The van der Waals surface area contributed by atoms with E-state index in [1.54, 1.807) is 5.38 Å². The molecule has 1 rings (SSSR count). The molecule has 0 fully saturated rings. The van der Waals surface area contributed by atoms with Crippen molar-refractivity contribution in [2.75, 3.05) is 25.0 Å². The first-order valence-electron chi connectivity index (χ1n) is 5.62. The molecule has 0 saturated carbocycles. The molecule has 0 aromatic carbocycles. The van der Waals surface area contributed by atoms with Gasteiger partial charge in [-0.3, -0.25) is 0 Å². The van der Waals surface area contributed by atoms with E-state index in [2.05, 4.69) is 10.6 Å². The van der Waals surface area contributed by atoms with E-state index < -0.39 is 0 Å². The molecule has 0 amide bonds. The third kappa shape index (κ3) is 6.05. The summed E-state index contributed by atoms with van der Waals surface area (Å²) in [6.45, 7) is 4.72. The maximum Gasteiger partial charge on any atom is 0.178 e. The van der Waals surface area contributed by atoms with Gasteiger partial charge in [-0.25, -0.2) is 0 Å². The minimum atomic E-state index is -0.138. The molecule has 0 radical (unpaired) electrons. The van der Waals surface area contributed by atoms with Crippen molar-refractivity contribution in [2.45, 2.75) is 25.8 Å². The summed E-state index contributed by atoms with van der Waals surface area (Å²) in [7, 11) is 0. The first kappa shape index (κ1) is 13.4. The van der Waals surface area contributed by atoms with Gasteiger partial charge in [0.1, 0.15) is 0 Å². The molecular formula is C11H20FN3S. The lowest BCUT2D eigenvalue weighted by Crippen LogP contribution is -2.31. The van der Waals surface area contributed by atoms with Crippen LogP contribution in [0.4, 0.5) is 10.1 Å². The zero-order valence-electron chi connectivity index (χ0n) is 9.63. The Morgan fingerprint density at radius 1 is 1.44 bits per heavy atom. The predicted molar refractivity (Wildman–Crippen MR) is 68.5 cm³/mol. The minimum Gasteiger partial charge on any atom is -0.384 e. The van der Waals surface area contributed by atoms with Gasteiger partial charge in [0.2, 0.25) is 0 Å². The number of rotatable bonds is 8. The molecule has 92 valence electrons. The van der Waals surface area contributed by atoms with Gasteiger partial charge in [0, 0.05) is 36.3 Å². The van der Waals surface area contributed by atoms with Crippen LogP contribution in [-0.4, -0.2) is 25.7 Å². The lowest BCUT2D eigenvalue weighted by atomic mass is 10.3. The van der Waals surface area contributed by atoms with Gasteiger partial charge >= 0.3 is 0 Å². The predicted octanol–water partition coefficient (Wildman–Crippen LogP) is 2.02. The maximum absolute atomic E-state index is 12.6. The van der Waals surface area contributed by atoms with E-state index in [-0.39, 0.29) is 11.2 Å². The van der Waals surface area contributed by atoms with Crippen molar-refractivity contribution in [3.05, 3.63) is 16.6 Å². The zero-order chi connectivity index (χ0) is 11.8. The molecule has 4 N–H and O–H groups in total. The Morgan fingerprint density at radius 3 is 2.81 bits per heavy atom. The SMILES string of the molecule is C[C@H](N)CNCCCCNc1csc(F)c1. The van der Waals surface area contributed by atoms with E-state index in [9.17, 15) is 4.39 Å². The molecule has 0 aliphatic heterocycles. The molecule has 1 heterocycles. The summed E-state index contributed by atoms with van der Waals surface area (Å²) in [5, 5.41) is 8.12. The van der Waals surface area contributed by atoms with Crippen LogP contribution in [0.2, 0.25) is 0 Å². The van der Waals surface area contributed by atoms with Crippen LogP contribution in [-0.2, 0) is 0 Å². The fourth-order valence-corrected chi connectivity index (χ4v) is 1.93. The second-order valence-corrected chi connectivity index (χ2v) is 4.82. The van der Waals surface area contributed by atoms with Crippen LogP contribution < -0.4 is 16.4 Å². The fraction of sp³-hybridized carbons (Fsp3) is 0.636. The summed E-state index contributed by atoms with van der Waals surface area (Å²) in [5.41, 5.74) is 6.48. The van der Waals surface area contributed by atoms with E-state index in [0.29, 0.717) is 0 Å². The van der Waals surface area contributed by atoms with E-state index >= 15 is 0 Å². The Balaban J connectivity index is 1.92. The molecule has 1 aromatic heterocycles. The van der Waals surface area contributed by atoms with Gasteiger partial charge in [-0.1, -0.05) is 0 Å². The highest BCUT2D eigenvalue weighted by atomic mass is 32.1. The fourth-order valence-electron chi connectivity index (χ4n) is 1.34. The second kappa shape index (κ2) is 7.60. The lowest BCUT2D eigenvalue weighted by Gasteiger charge is -2.07. The summed E-state index contributed by atoms with van der Waals surface area (Å²) in [6.07, 6.45) is 2.18. The number of hydrogen-bond donors (Lipinski definition) is 3. The summed E-state index contributed by atoms with van der Waals surface area (Å²) in [4.78, 5) is 0. The molecule has 0 aliphatic rings. The molecule has 0 bridgehead atoms. The monoisotopic (exact) mass is 245 g/mol. The second-order valence-electron chi connectivity index (χ2n) is 3.95. The van der Waals surface area contributed by atoms with Gasteiger partial charge in [0.15, 0.2) is 5.13 Å². The molecule has 5 heteroatoms. The highest BCUT2D eigenvalue weighted by Gasteiger charge is 1.97. The summed E-state index contributed by atoms with van der Waals surface area (Å²) < 4.78 is 12.6. The maximum atomic E-state index is 12.6. The highest BCUT2D eigenvalue weighted by Crippen LogP contribution is 2.16. The van der Waals surface area contributed by atoms with Crippen LogP contribution in [0, 0.1) is 5.13 Å². The summed E-state index contributed by atoms with van der Waals surface area (Å²) in [5.74, 6) is 0. The van der Waals surface area contributed by atoms with Crippen molar-refractivity contribution in [3.8, 4) is 0 Å². The third-order valence-corrected chi connectivity index (χ3v) is 2.86. The number of nitrogens with two attached hydrogens (primary N) is 1. The van der Waals surface area contributed by atoms with Gasteiger partial charge in [0.05, 0.1) is 0 Å². The van der Waals surface area contributed by atoms with Crippen molar-refractivity contribution >= 4 is 17.0 Å². The Bertz CT molecular complexity index is 289. The number of nitrogens with one attached hydrogen (secondary N) is 2. The van der Waals surface area contributed by atoms with Gasteiger partial charge < -0.3 is 16.4 Å². The molecular weight excluding hydrogens is 225 g/mol. The molecule has 16 heavy (non-hydrogen) atoms. The molecule has 1 aromatic rings. The van der Waals surface area contributed by atoms with E-state index in [0.717, 1.165) is 49.5 Å². The van der Waals surface area contributed by atoms with Crippen LogP contribution in [0.25, 0.3) is 0 Å². The number of thiophene rings is 1. The first-order valence-corrected chi connectivity index (χ1v) is 6.50. The Labute approximate surface area is 100 Å². The zero-order valence-corrected chi connectivity index (χ0v) is 10.4. The Kier molecular flexibility index (Phi) is 6.37. The average molecular weight is 245 g/mol. The summed E-state index contributed by atoms with van der Waals surface area (Å²) in [6, 6.07) is 1.74. The minimum absolute atomic E-state index is 0.138. The van der Waals surface area contributed by atoms with Crippen molar-refractivity contribution < 1.29 is 4.39 Å². The third-order valence-electron chi connectivity index (χ3n) is 2.14. The summed E-state index contributed by atoms with van der Waals surface area (Å²) >= 11 is 1.12. The largest absolute Gasteiger partial charge is 0.384 e. The topological polar surface area (TPSA) is 50.1 Å². The van der Waals surface area contributed by atoms with Crippen LogP contribution in [0.15, 0.2) is 11.4 Å². The van der Waals surface area contributed by atoms with Crippen molar-refractivity contribution in [2.24, 2.45) is 5.73 Å². The molecule has 0 saturated heterocycles. The van der Waals surface area contributed by atoms with Gasteiger partial charge in [0.25, 0.3) is 0 Å². The number of halogens is 1. The Morgan fingerprint density at radius 2 is 2.19 bits per heavy atom. The van der Waals surface area contributed by atoms with Crippen molar-refractivity contribution in [1.29, 1.82) is 0 Å². The highest BCUT2D eigenvalue weighted by molar-refractivity contribution is 7.08. The quantitative estimate of drug-likeness (QED) is 0.614. The molecule has 0 spiro atoms. The first-order chi connectivity index (χ1) is 7.68. The number of hydrogen-bond acceptors (Lipinski definition) is 4. The molecule has 1 atom stereocenters. The smallest absolute Gasteiger partial charge is 0.178 e. The van der Waals surface area contributed by atoms with Crippen molar-refractivity contribution in [3.63, 3.8) is 0 Å². The van der Waals surface area contributed by atoms with Crippen LogP contribution >= 0.6 is 11.3 Å². The van der Waals surface area contributed by atoms with Crippen molar-refractivity contribution in [1.82, 2.24) is 5.32 Å². The van der Waals surface area contributed by atoms with E-state index in [4.69, 9.17) is 5.73 Å². The van der Waals surface area contributed by atoms with Crippen LogP contribution in [0.5, 0.6) is 0 Å². The number of anilines is 1. The molecule has 3 nitrogen and oxygen atoms in total. The normalized spacial score (nSPS) is 12.7. The standard InChI is InChI=1S/C11H20FN3S/c1-9(13)7-14-4-2-3-5-15-10-6-11(12)16-8-10/h6,8-9,14-15H,2-5,7,13H2,1H3/t9-/m0/s1. The van der Waals surface area contributed by atoms with Gasteiger partial charge in [-0.15, -0.1) is 11.3 Å². The van der Waals surface area contributed by atoms with E-state index in [1.165, 1.54) is 6.07 Å². The average Bonchev–Trinajstić information content (AvgIpc) is 2.62. The molecule has 0 aliphatic carbocycles. The van der Waals surface area contributed by atoms with Gasteiger partial charge in [-0.05, 0) is 26.3 Å². The Hall–Kier alpha value is -0.650. The van der Waals surface area contributed by atoms with Gasteiger partial charge in [-0.2, -0.15) is 4.39 Å². The lowest BCUT2D eigenvalue weighted by molar-refractivity contribution is 0.583. The van der Waals surface area contributed by atoms with Crippen LogP contribution in [0.1, 0.15) is 19.8 Å². The van der Waals surface area contributed by atoms with E-state index in [1.807, 2.05) is 6.92 Å². The molecule has 0 unspecified atom stereocenters. The van der Waals surface area contributed by atoms with Crippen LogP contribution in [0.3, 0.4) is 0 Å².